The fourth-order valence-corrected chi connectivity index (χ4v) is 2.38. The summed E-state index contributed by atoms with van der Waals surface area (Å²) in [5.41, 5.74) is 2.18. The lowest BCUT2D eigenvalue weighted by atomic mass is 10.1. The van der Waals surface area contributed by atoms with Crippen LogP contribution in [0.2, 0.25) is 5.02 Å². The number of anilines is 2. The maximum absolute atomic E-state index is 13.3. The van der Waals surface area contributed by atoms with E-state index in [1.807, 2.05) is 31.2 Å². The number of nitrogens with one attached hydrogen (secondary N) is 1. The normalized spacial score (nSPS) is 10.3. The van der Waals surface area contributed by atoms with Crippen molar-refractivity contribution < 1.29 is 14.0 Å². The number of halogens is 2. The Morgan fingerprint density at radius 1 is 1.17 bits per heavy atom. The van der Waals surface area contributed by atoms with Gasteiger partial charge in [-0.1, -0.05) is 30.7 Å². The first-order valence-electron chi connectivity index (χ1n) is 7.52. The fraction of sp³-hybridized carbons (Fsp3) is 0.222. The molecule has 2 aromatic rings. The molecular weight excluding hydrogens is 331 g/mol. The van der Waals surface area contributed by atoms with E-state index in [0.717, 1.165) is 12.5 Å². The van der Waals surface area contributed by atoms with Crippen LogP contribution in [0.25, 0.3) is 0 Å². The predicted octanol–water partition coefficient (Wildman–Crippen LogP) is 4.03. The molecule has 1 N–H and O–H groups in total. The van der Waals surface area contributed by atoms with Crippen molar-refractivity contribution in [2.45, 2.75) is 20.3 Å². The van der Waals surface area contributed by atoms with Crippen LogP contribution in [0.4, 0.5) is 15.8 Å². The molecule has 0 radical (unpaired) electrons. The molecule has 2 rings (SSSR count). The van der Waals surface area contributed by atoms with Crippen LogP contribution in [0.1, 0.15) is 19.4 Å². The number of aryl methyl sites for hydroxylation is 1. The molecule has 24 heavy (non-hydrogen) atoms. The molecule has 2 aromatic carbocycles. The molecule has 6 heteroatoms. The maximum atomic E-state index is 13.3. The van der Waals surface area contributed by atoms with E-state index in [0.29, 0.717) is 11.4 Å². The second kappa shape index (κ2) is 7.93. The van der Waals surface area contributed by atoms with Gasteiger partial charge in [-0.2, -0.15) is 0 Å². The largest absolute Gasteiger partial charge is 0.325 e. The molecule has 0 aliphatic carbocycles. The van der Waals surface area contributed by atoms with Gasteiger partial charge in [0.1, 0.15) is 12.4 Å². The fourth-order valence-electron chi connectivity index (χ4n) is 2.21. The average Bonchev–Trinajstić information content (AvgIpc) is 2.56. The van der Waals surface area contributed by atoms with Crippen LogP contribution < -0.4 is 10.2 Å². The van der Waals surface area contributed by atoms with E-state index in [4.69, 9.17) is 11.6 Å². The van der Waals surface area contributed by atoms with Crippen LogP contribution in [0.15, 0.2) is 42.5 Å². The van der Waals surface area contributed by atoms with Crippen LogP contribution in [0.5, 0.6) is 0 Å². The summed E-state index contributed by atoms with van der Waals surface area (Å²) in [6.45, 7) is 3.19. The van der Waals surface area contributed by atoms with Crippen molar-refractivity contribution in [1.82, 2.24) is 0 Å². The van der Waals surface area contributed by atoms with Gasteiger partial charge in [-0.15, -0.1) is 0 Å². The van der Waals surface area contributed by atoms with Gasteiger partial charge in [0, 0.05) is 18.3 Å². The third kappa shape index (κ3) is 4.55. The second-order valence-corrected chi connectivity index (χ2v) is 5.71. The lowest BCUT2D eigenvalue weighted by Crippen LogP contribution is -2.36. The van der Waals surface area contributed by atoms with E-state index >= 15 is 0 Å². The highest BCUT2D eigenvalue weighted by Crippen LogP contribution is 2.23. The highest BCUT2D eigenvalue weighted by molar-refractivity contribution is 6.31. The first-order valence-corrected chi connectivity index (χ1v) is 7.90. The minimum absolute atomic E-state index is 0.102. The van der Waals surface area contributed by atoms with Crippen molar-refractivity contribution in [1.29, 1.82) is 0 Å². The van der Waals surface area contributed by atoms with Gasteiger partial charge in [0.15, 0.2) is 0 Å². The lowest BCUT2D eigenvalue weighted by molar-refractivity contribution is -0.120. The highest BCUT2D eigenvalue weighted by Gasteiger charge is 2.17. The van der Waals surface area contributed by atoms with Crippen molar-refractivity contribution >= 4 is 34.8 Å². The quantitative estimate of drug-likeness (QED) is 0.886. The molecule has 0 atom stereocenters. The second-order valence-electron chi connectivity index (χ2n) is 5.30. The Morgan fingerprint density at radius 2 is 1.83 bits per heavy atom. The number of hydrogen-bond donors (Lipinski definition) is 1. The summed E-state index contributed by atoms with van der Waals surface area (Å²) in [5, 5.41) is 2.63. The van der Waals surface area contributed by atoms with Gasteiger partial charge < -0.3 is 10.2 Å². The number of hydrogen-bond acceptors (Lipinski definition) is 2. The number of nitrogens with zero attached hydrogens (tertiary/aromatic N) is 1. The van der Waals surface area contributed by atoms with Crippen molar-refractivity contribution in [2.24, 2.45) is 0 Å². The number of rotatable bonds is 5. The van der Waals surface area contributed by atoms with Gasteiger partial charge in [0.2, 0.25) is 11.8 Å². The van der Waals surface area contributed by atoms with E-state index < -0.39 is 5.82 Å². The smallest absolute Gasteiger partial charge is 0.244 e. The van der Waals surface area contributed by atoms with E-state index in [-0.39, 0.29) is 23.4 Å². The molecular formula is C18H18ClFN2O2. The summed E-state index contributed by atoms with van der Waals surface area (Å²) in [6.07, 6.45) is 0.914. The zero-order valence-electron chi connectivity index (χ0n) is 13.5. The summed E-state index contributed by atoms with van der Waals surface area (Å²) in [5.74, 6) is -1.27. The van der Waals surface area contributed by atoms with Gasteiger partial charge in [-0.05, 0) is 42.3 Å². The maximum Gasteiger partial charge on any atom is 0.244 e. The Morgan fingerprint density at radius 3 is 2.38 bits per heavy atom. The summed E-state index contributed by atoms with van der Waals surface area (Å²) >= 11 is 5.74. The monoisotopic (exact) mass is 348 g/mol. The van der Waals surface area contributed by atoms with Gasteiger partial charge >= 0.3 is 0 Å². The van der Waals surface area contributed by atoms with Crippen LogP contribution in [0.3, 0.4) is 0 Å². The van der Waals surface area contributed by atoms with E-state index in [1.165, 1.54) is 29.5 Å². The molecule has 2 amide bonds. The molecule has 0 fully saturated rings. The highest BCUT2D eigenvalue weighted by atomic mass is 35.5. The summed E-state index contributed by atoms with van der Waals surface area (Å²) in [7, 11) is 0. The SMILES string of the molecule is CCc1ccc(NC(=O)CN(C(C)=O)c2ccc(F)c(Cl)c2)cc1. The molecule has 0 aromatic heterocycles. The lowest BCUT2D eigenvalue weighted by Gasteiger charge is -2.21. The molecule has 0 unspecified atom stereocenters. The Bertz CT molecular complexity index is 747. The summed E-state index contributed by atoms with van der Waals surface area (Å²) in [6, 6.07) is 11.4. The van der Waals surface area contributed by atoms with Gasteiger partial charge in [0.25, 0.3) is 0 Å². The number of carbonyl (C=O) groups excluding carboxylic acids is 2. The van der Waals surface area contributed by atoms with E-state index in [9.17, 15) is 14.0 Å². The van der Waals surface area contributed by atoms with Crippen molar-refractivity contribution in [3.05, 3.63) is 58.9 Å². The minimum Gasteiger partial charge on any atom is -0.325 e. The zero-order valence-corrected chi connectivity index (χ0v) is 14.2. The van der Waals surface area contributed by atoms with E-state index in [1.54, 1.807) is 0 Å². The standard InChI is InChI=1S/C18H18ClFN2O2/c1-3-13-4-6-14(7-5-13)21-18(24)11-22(12(2)23)15-8-9-17(20)16(19)10-15/h4-10H,3,11H2,1-2H3,(H,21,24). The predicted molar refractivity (Wildman–Crippen MR) is 93.9 cm³/mol. The Balaban J connectivity index is 2.10. The van der Waals surface area contributed by atoms with Crippen molar-refractivity contribution in [2.75, 3.05) is 16.8 Å². The molecule has 4 nitrogen and oxygen atoms in total. The first-order chi connectivity index (χ1) is 11.4. The number of benzene rings is 2. The summed E-state index contributed by atoms with van der Waals surface area (Å²) in [4.78, 5) is 25.3. The first kappa shape index (κ1) is 17.9. The average molecular weight is 349 g/mol. The van der Waals surface area contributed by atoms with Crippen LogP contribution in [-0.4, -0.2) is 18.4 Å². The summed E-state index contributed by atoms with van der Waals surface area (Å²) < 4.78 is 13.3. The van der Waals surface area contributed by atoms with Crippen LogP contribution in [0, 0.1) is 5.82 Å². The van der Waals surface area contributed by atoms with Crippen LogP contribution >= 0.6 is 11.6 Å². The number of carbonyl (C=O) groups is 2. The minimum atomic E-state index is -0.579. The number of amides is 2. The molecule has 0 aliphatic rings. The Labute approximate surface area is 145 Å². The van der Waals surface area contributed by atoms with Gasteiger partial charge in [0.05, 0.1) is 5.02 Å². The van der Waals surface area contributed by atoms with Crippen molar-refractivity contribution in [3.63, 3.8) is 0 Å². The van der Waals surface area contributed by atoms with Gasteiger partial charge in [-0.3, -0.25) is 9.59 Å². The molecule has 0 aliphatic heterocycles. The molecule has 126 valence electrons. The van der Waals surface area contributed by atoms with Crippen LogP contribution in [-0.2, 0) is 16.0 Å². The Hall–Kier alpha value is -2.40. The molecule has 0 saturated heterocycles. The third-order valence-electron chi connectivity index (χ3n) is 3.54. The molecule has 0 heterocycles. The topological polar surface area (TPSA) is 49.4 Å². The molecule has 0 spiro atoms. The molecule has 0 bridgehead atoms. The Kier molecular flexibility index (Phi) is 5.93. The molecule has 0 saturated carbocycles. The van der Waals surface area contributed by atoms with E-state index in [2.05, 4.69) is 5.32 Å². The van der Waals surface area contributed by atoms with Crippen molar-refractivity contribution in [3.8, 4) is 0 Å². The van der Waals surface area contributed by atoms with Gasteiger partial charge in [-0.25, -0.2) is 4.39 Å². The zero-order chi connectivity index (χ0) is 17.7. The third-order valence-corrected chi connectivity index (χ3v) is 3.83.